The highest BCUT2D eigenvalue weighted by molar-refractivity contribution is 5.33. The number of methoxy groups -OCH3 is 1. The Balaban J connectivity index is 2.28. The summed E-state index contributed by atoms with van der Waals surface area (Å²) in [6.45, 7) is 8.52. The van der Waals surface area contributed by atoms with Crippen molar-refractivity contribution in [2.75, 3.05) is 20.2 Å². The third-order valence-electron chi connectivity index (χ3n) is 2.91. The molecule has 0 aliphatic rings. The van der Waals surface area contributed by atoms with Crippen LogP contribution in [0.3, 0.4) is 0 Å². The van der Waals surface area contributed by atoms with Crippen LogP contribution in [0.15, 0.2) is 24.3 Å². The maximum absolute atomic E-state index is 5.34. The summed E-state index contributed by atoms with van der Waals surface area (Å²) in [6, 6.07) is 9.23. The lowest BCUT2D eigenvalue weighted by molar-refractivity contribution is 0.408. The normalized spacial score (nSPS) is 12.7. The van der Waals surface area contributed by atoms with E-state index in [-0.39, 0.29) is 0 Å². The fourth-order valence-electron chi connectivity index (χ4n) is 1.85. The molecule has 0 aliphatic carbocycles. The molecule has 2 N–H and O–H groups in total. The number of rotatable bonds is 8. The van der Waals surface area contributed by atoms with Gasteiger partial charge in [0.25, 0.3) is 0 Å². The fourth-order valence-corrected chi connectivity index (χ4v) is 1.85. The molecule has 1 atom stereocenters. The zero-order valence-electron chi connectivity index (χ0n) is 12.0. The van der Waals surface area contributed by atoms with Gasteiger partial charge in [0.15, 0.2) is 0 Å². The molecule has 0 aliphatic heterocycles. The molecule has 0 saturated carbocycles. The first kappa shape index (κ1) is 15.0. The smallest absolute Gasteiger partial charge is 0.122 e. The van der Waals surface area contributed by atoms with E-state index in [9.17, 15) is 0 Å². The van der Waals surface area contributed by atoms with Crippen molar-refractivity contribution in [1.29, 1.82) is 0 Å². The molecule has 18 heavy (non-hydrogen) atoms. The van der Waals surface area contributed by atoms with Gasteiger partial charge in [0.1, 0.15) is 5.75 Å². The highest BCUT2D eigenvalue weighted by Crippen LogP contribution is 2.17. The Bertz CT molecular complexity index is 339. The van der Waals surface area contributed by atoms with Crippen molar-refractivity contribution in [1.82, 2.24) is 10.6 Å². The maximum atomic E-state index is 5.34. The topological polar surface area (TPSA) is 33.3 Å². The Morgan fingerprint density at radius 1 is 1.11 bits per heavy atom. The monoisotopic (exact) mass is 250 g/mol. The minimum Gasteiger partial charge on any atom is -0.496 e. The van der Waals surface area contributed by atoms with Gasteiger partial charge in [-0.15, -0.1) is 0 Å². The first-order chi connectivity index (χ1) is 8.63. The molecule has 0 heterocycles. The average molecular weight is 250 g/mol. The third kappa shape index (κ3) is 5.52. The van der Waals surface area contributed by atoms with Gasteiger partial charge in [-0.3, -0.25) is 0 Å². The molecule has 0 saturated heterocycles. The Morgan fingerprint density at radius 3 is 2.50 bits per heavy atom. The standard InChI is InChI=1S/C15H26N2O/c1-12(2)17-11-13(3)16-10-9-14-7-5-6-8-15(14)18-4/h5-8,12-13,16-17H,9-11H2,1-4H3. The first-order valence-electron chi connectivity index (χ1n) is 6.72. The van der Waals surface area contributed by atoms with Crippen LogP contribution in [0.25, 0.3) is 0 Å². The van der Waals surface area contributed by atoms with Crippen molar-refractivity contribution >= 4 is 0 Å². The van der Waals surface area contributed by atoms with E-state index < -0.39 is 0 Å². The molecule has 0 amide bonds. The summed E-state index contributed by atoms with van der Waals surface area (Å²) < 4.78 is 5.34. The molecule has 1 rings (SSSR count). The van der Waals surface area contributed by atoms with Gasteiger partial charge in [-0.05, 0) is 31.5 Å². The summed E-state index contributed by atoms with van der Waals surface area (Å²) in [5, 5.41) is 6.95. The minimum absolute atomic E-state index is 0.488. The van der Waals surface area contributed by atoms with E-state index in [0.29, 0.717) is 12.1 Å². The molecule has 102 valence electrons. The van der Waals surface area contributed by atoms with Gasteiger partial charge >= 0.3 is 0 Å². The highest BCUT2D eigenvalue weighted by Gasteiger charge is 2.04. The Labute approximate surface area is 111 Å². The lowest BCUT2D eigenvalue weighted by atomic mass is 10.1. The van der Waals surface area contributed by atoms with E-state index in [2.05, 4.69) is 43.5 Å². The predicted molar refractivity (Wildman–Crippen MR) is 77.3 cm³/mol. The van der Waals surface area contributed by atoms with Gasteiger partial charge in [-0.2, -0.15) is 0 Å². The maximum Gasteiger partial charge on any atom is 0.122 e. The lowest BCUT2D eigenvalue weighted by Gasteiger charge is -2.17. The summed E-state index contributed by atoms with van der Waals surface area (Å²) in [6.07, 6.45) is 0.996. The molecule has 0 aromatic heterocycles. The highest BCUT2D eigenvalue weighted by atomic mass is 16.5. The van der Waals surface area contributed by atoms with Crippen molar-refractivity contribution in [3.8, 4) is 5.75 Å². The summed E-state index contributed by atoms with van der Waals surface area (Å²) in [7, 11) is 1.72. The number of hydrogen-bond acceptors (Lipinski definition) is 3. The summed E-state index contributed by atoms with van der Waals surface area (Å²) in [4.78, 5) is 0. The van der Waals surface area contributed by atoms with Crippen molar-refractivity contribution in [2.24, 2.45) is 0 Å². The lowest BCUT2D eigenvalue weighted by Crippen LogP contribution is -2.39. The van der Waals surface area contributed by atoms with Crippen molar-refractivity contribution < 1.29 is 4.74 Å². The van der Waals surface area contributed by atoms with E-state index >= 15 is 0 Å². The molecule has 0 radical (unpaired) electrons. The van der Waals surface area contributed by atoms with Gasteiger partial charge in [-0.1, -0.05) is 32.0 Å². The van der Waals surface area contributed by atoms with Crippen LogP contribution in [0.5, 0.6) is 5.75 Å². The Kier molecular flexibility index (Phi) is 6.76. The van der Waals surface area contributed by atoms with Gasteiger partial charge in [0, 0.05) is 18.6 Å². The van der Waals surface area contributed by atoms with Gasteiger partial charge in [0.05, 0.1) is 7.11 Å². The second-order valence-electron chi connectivity index (χ2n) is 4.98. The molecule has 0 spiro atoms. The number of benzene rings is 1. The van der Waals surface area contributed by atoms with Crippen molar-refractivity contribution in [3.63, 3.8) is 0 Å². The molecule has 0 fully saturated rings. The van der Waals surface area contributed by atoms with Crippen LogP contribution in [-0.2, 0) is 6.42 Å². The average Bonchev–Trinajstić information content (AvgIpc) is 2.37. The van der Waals surface area contributed by atoms with Crippen molar-refractivity contribution in [3.05, 3.63) is 29.8 Å². The Hall–Kier alpha value is -1.06. The summed E-state index contributed by atoms with van der Waals surface area (Å²) in [5.41, 5.74) is 1.26. The van der Waals surface area contributed by atoms with Crippen LogP contribution < -0.4 is 15.4 Å². The number of nitrogens with one attached hydrogen (secondary N) is 2. The van der Waals surface area contributed by atoms with E-state index in [1.54, 1.807) is 7.11 Å². The molecule has 3 nitrogen and oxygen atoms in total. The van der Waals surface area contributed by atoms with Crippen LogP contribution in [-0.4, -0.2) is 32.3 Å². The van der Waals surface area contributed by atoms with Gasteiger partial charge in [0.2, 0.25) is 0 Å². The van der Waals surface area contributed by atoms with Crippen LogP contribution >= 0.6 is 0 Å². The predicted octanol–water partition coefficient (Wildman–Crippen LogP) is 2.21. The zero-order chi connectivity index (χ0) is 13.4. The summed E-state index contributed by atoms with van der Waals surface area (Å²) >= 11 is 0. The van der Waals surface area contributed by atoms with E-state index in [0.717, 1.165) is 25.3 Å². The number of para-hydroxylation sites is 1. The van der Waals surface area contributed by atoms with Crippen molar-refractivity contribution in [2.45, 2.75) is 39.3 Å². The van der Waals surface area contributed by atoms with E-state index in [1.807, 2.05) is 12.1 Å². The first-order valence-corrected chi connectivity index (χ1v) is 6.72. The van der Waals surface area contributed by atoms with Gasteiger partial charge < -0.3 is 15.4 Å². The van der Waals surface area contributed by atoms with Crippen LogP contribution in [0.1, 0.15) is 26.3 Å². The molecular formula is C15H26N2O. The van der Waals surface area contributed by atoms with Crippen LogP contribution in [0, 0.1) is 0 Å². The summed E-state index contributed by atoms with van der Waals surface area (Å²) in [5.74, 6) is 0.979. The largest absolute Gasteiger partial charge is 0.496 e. The van der Waals surface area contributed by atoms with Crippen LogP contribution in [0.2, 0.25) is 0 Å². The quantitative estimate of drug-likeness (QED) is 0.742. The molecule has 1 unspecified atom stereocenters. The SMILES string of the molecule is COc1ccccc1CCNC(C)CNC(C)C. The second-order valence-corrected chi connectivity index (χ2v) is 4.98. The van der Waals surface area contributed by atoms with E-state index in [1.165, 1.54) is 5.56 Å². The second kappa shape index (κ2) is 8.11. The molecule has 0 bridgehead atoms. The molecule has 3 heteroatoms. The molecular weight excluding hydrogens is 224 g/mol. The molecule has 1 aromatic rings. The third-order valence-corrected chi connectivity index (χ3v) is 2.91. The number of hydrogen-bond donors (Lipinski definition) is 2. The number of ether oxygens (including phenoxy) is 1. The van der Waals surface area contributed by atoms with E-state index in [4.69, 9.17) is 4.74 Å². The fraction of sp³-hybridized carbons (Fsp3) is 0.600. The van der Waals surface area contributed by atoms with Crippen LogP contribution in [0.4, 0.5) is 0 Å². The van der Waals surface area contributed by atoms with Gasteiger partial charge in [-0.25, -0.2) is 0 Å². The zero-order valence-corrected chi connectivity index (χ0v) is 12.0. The Morgan fingerprint density at radius 2 is 1.83 bits per heavy atom. The molecule has 1 aromatic carbocycles. The minimum atomic E-state index is 0.488.